The number of aromatic nitrogens is 1. The fraction of sp³-hybridized carbons (Fsp3) is 0.455. The van der Waals surface area contributed by atoms with Crippen LogP contribution in [0, 0.1) is 0 Å². The van der Waals surface area contributed by atoms with E-state index in [0.717, 1.165) is 10.9 Å². The molecule has 3 N–H and O–H groups in total. The molecule has 0 saturated heterocycles. The van der Waals surface area contributed by atoms with E-state index in [-0.39, 0.29) is 5.91 Å². The summed E-state index contributed by atoms with van der Waals surface area (Å²) in [4.78, 5) is 15.7. The number of anilines is 1. The number of rotatable bonds is 6. The largest absolute Gasteiger partial charge is 0.385 e. The third-order valence-electron chi connectivity index (χ3n) is 2.18. The van der Waals surface area contributed by atoms with Gasteiger partial charge >= 0.3 is 0 Å². The summed E-state index contributed by atoms with van der Waals surface area (Å²) in [6.45, 7) is 0.609. The number of pyridine rings is 1. The minimum absolute atomic E-state index is 0.226. The molecule has 1 unspecified atom stereocenters. The lowest BCUT2D eigenvalue weighted by Crippen LogP contribution is -2.35. The van der Waals surface area contributed by atoms with Crippen LogP contribution in [0.15, 0.2) is 22.8 Å². The van der Waals surface area contributed by atoms with Gasteiger partial charge in [-0.3, -0.25) is 4.79 Å². The monoisotopic (exact) mass is 301 g/mol. The van der Waals surface area contributed by atoms with Crippen LogP contribution >= 0.6 is 15.9 Å². The minimum atomic E-state index is -0.532. The predicted octanol–water partition coefficient (Wildman–Crippen LogP) is 1.54. The number of nitrogens with zero attached hydrogens (tertiary/aromatic N) is 1. The van der Waals surface area contributed by atoms with Crippen molar-refractivity contribution < 1.29 is 9.53 Å². The molecule has 0 radical (unpaired) electrons. The second-order valence-electron chi connectivity index (χ2n) is 3.59. The van der Waals surface area contributed by atoms with Crippen molar-refractivity contribution in [1.82, 2.24) is 4.98 Å². The third-order valence-corrected chi connectivity index (χ3v) is 2.65. The zero-order chi connectivity index (χ0) is 12.7. The summed E-state index contributed by atoms with van der Waals surface area (Å²) in [5.74, 6) is 0.274. The number of hydrogen-bond acceptors (Lipinski definition) is 4. The fourth-order valence-corrected chi connectivity index (χ4v) is 1.48. The van der Waals surface area contributed by atoms with Crippen LogP contribution in [-0.2, 0) is 9.53 Å². The first-order chi connectivity index (χ1) is 8.13. The Labute approximate surface area is 109 Å². The van der Waals surface area contributed by atoms with Crippen molar-refractivity contribution in [2.24, 2.45) is 5.73 Å². The van der Waals surface area contributed by atoms with E-state index < -0.39 is 6.04 Å². The van der Waals surface area contributed by atoms with E-state index in [4.69, 9.17) is 10.5 Å². The Balaban J connectivity index is 2.40. The molecule has 5 nitrogen and oxygen atoms in total. The third kappa shape index (κ3) is 5.25. The molecule has 0 aliphatic carbocycles. The van der Waals surface area contributed by atoms with E-state index in [1.807, 2.05) is 0 Å². The fourth-order valence-electron chi connectivity index (χ4n) is 1.25. The maximum absolute atomic E-state index is 11.7. The first-order valence-electron chi connectivity index (χ1n) is 5.30. The summed E-state index contributed by atoms with van der Waals surface area (Å²) in [7, 11) is 1.62. The topological polar surface area (TPSA) is 77.2 Å². The second-order valence-corrected chi connectivity index (χ2v) is 4.51. The van der Waals surface area contributed by atoms with Crippen molar-refractivity contribution in [2.45, 2.75) is 18.9 Å². The number of methoxy groups -OCH3 is 1. The van der Waals surface area contributed by atoms with Gasteiger partial charge < -0.3 is 15.8 Å². The lowest BCUT2D eigenvalue weighted by atomic mass is 10.1. The van der Waals surface area contributed by atoms with Crippen molar-refractivity contribution >= 4 is 27.7 Å². The molecule has 0 aliphatic heterocycles. The Morgan fingerprint density at radius 3 is 3.00 bits per heavy atom. The molecule has 1 rings (SSSR count). The summed E-state index contributed by atoms with van der Waals surface area (Å²) in [6, 6.07) is 2.98. The highest BCUT2D eigenvalue weighted by Gasteiger charge is 2.13. The highest BCUT2D eigenvalue weighted by molar-refractivity contribution is 9.10. The van der Waals surface area contributed by atoms with Crippen LogP contribution in [0.4, 0.5) is 5.82 Å². The maximum atomic E-state index is 11.7. The molecule has 0 aromatic carbocycles. The average Bonchev–Trinajstić information content (AvgIpc) is 2.32. The van der Waals surface area contributed by atoms with Gasteiger partial charge in [0.1, 0.15) is 5.82 Å². The standard InChI is InChI=1S/C11H16BrN3O2/c1-17-6-2-3-9(13)11(16)15-10-5-4-8(12)7-14-10/h4-5,7,9H,2-3,6,13H2,1H3,(H,14,15,16). The highest BCUT2D eigenvalue weighted by Crippen LogP contribution is 2.10. The summed E-state index contributed by atoms with van der Waals surface area (Å²) in [6.07, 6.45) is 2.97. The van der Waals surface area contributed by atoms with Crippen LogP contribution in [0.5, 0.6) is 0 Å². The van der Waals surface area contributed by atoms with E-state index in [2.05, 4.69) is 26.2 Å². The number of carbonyl (C=O) groups excluding carboxylic acids is 1. The Morgan fingerprint density at radius 1 is 1.65 bits per heavy atom. The van der Waals surface area contributed by atoms with Gasteiger partial charge in [-0.1, -0.05) is 0 Å². The number of ether oxygens (including phenoxy) is 1. The number of carbonyl (C=O) groups is 1. The molecule has 1 amide bonds. The normalized spacial score (nSPS) is 12.2. The average molecular weight is 302 g/mol. The lowest BCUT2D eigenvalue weighted by Gasteiger charge is -2.11. The molecular weight excluding hydrogens is 286 g/mol. The lowest BCUT2D eigenvalue weighted by molar-refractivity contribution is -0.117. The molecule has 0 bridgehead atoms. The molecule has 0 saturated carbocycles. The number of nitrogens with two attached hydrogens (primary N) is 1. The smallest absolute Gasteiger partial charge is 0.242 e. The SMILES string of the molecule is COCCCC(N)C(=O)Nc1ccc(Br)cn1. The number of hydrogen-bond donors (Lipinski definition) is 2. The molecule has 17 heavy (non-hydrogen) atoms. The van der Waals surface area contributed by atoms with Crippen LogP contribution in [0.3, 0.4) is 0 Å². The van der Waals surface area contributed by atoms with E-state index in [9.17, 15) is 4.79 Å². The predicted molar refractivity (Wildman–Crippen MR) is 69.7 cm³/mol. The molecular formula is C11H16BrN3O2. The van der Waals surface area contributed by atoms with E-state index in [1.54, 1.807) is 25.4 Å². The Morgan fingerprint density at radius 2 is 2.41 bits per heavy atom. The molecule has 1 aromatic rings. The first-order valence-corrected chi connectivity index (χ1v) is 6.09. The van der Waals surface area contributed by atoms with Gasteiger partial charge in [-0.15, -0.1) is 0 Å². The Bertz CT molecular complexity index is 356. The number of nitrogens with one attached hydrogen (secondary N) is 1. The molecule has 0 aliphatic rings. The van der Waals surface area contributed by atoms with Gasteiger partial charge in [0.05, 0.1) is 6.04 Å². The second kappa shape index (κ2) is 7.37. The van der Waals surface area contributed by atoms with Gasteiger partial charge in [-0.05, 0) is 40.9 Å². The van der Waals surface area contributed by atoms with Crippen LogP contribution in [-0.4, -0.2) is 30.6 Å². The van der Waals surface area contributed by atoms with Crippen molar-refractivity contribution in [1.29, 1.82) is 0 Å². The highest BCUT2D eigenvalue weighted by atomic mass is 79.9. The van der Waals surface area contributed by atoms with E-state index in [0.29, 0.717) is 18.8 Å². The minimum Gasteiger partial charge on any atom is -0.385 e. The molecule has 0 spiro atoms. The maximum Gasteiger partial charge on any atom is 0.242 e. The molecule has 6 heteroatoms. The zero-order valence-corrected chi connectivity index (χ0v) is 11.2. The summed E-state index contributed by atoms with van der Waals surface area (Å²) < 4.78 is 5.76. The van der Waals surface area contributed by atoms with Gasteiger partial charge in [0.2, 0.25) is 5.91 Å². The van der Waals surface area contributed by atoms with Crippen LogP contribution in [0.25, 0.3) is 0 Å². The molecule has 0 fully saturated rings. The van der Waals surface area contributed by atoms with Crippen molar-refractivity contribution in [3.8, 4) is 0 Å². The van der Waals surface area contributed by atoms with E-state index >= 15 is 0 Å². The van der Waals surface area contributed by atoms with E-state index in [1.165, 1.54) is 0 Å². The first kappa shape index (κ1) is 14.1. The van der Waals surface area contributed by atoms with Crippen LogP contribution in [0.2, 0.25) is 0 Å². The Kier molecular flexibility index (Phi) is 6.10. The van der Waals surface area contributed by atoms with Crippen molar-refractivity contribution in [2.75, 3.05) is 19.0 Å². The quantitative estimate of drug-likeness (QED) is 0.781. The van der Waals surface area contributed by atoms with Gasteiger partial charge in [0, 0.05) is 24.4 Å². The van der Waals surface area contributed by atoms with Crippen LogP contribution < -0.4 is 11.1 Å². The van der Waals surface area contributed by atoms with Gasteiger partial charge in [0.15, 0.2) is 0 Å². The summed E-state index contributed by atoms with van der Waals surface area (Å²) in [5, 5.41) is 2.66. The molecule has 1 atom stereocenters. The molecule has 1 heterocycles. The van der Waals surface area contributed by atoms with Gasteiger partial charge in [-0.2, -0.15) is 0 Å². The Hall–Kier alpha value is -0.980. The van der Waals surface area contributed by atoms with Gasteiger partial charge in [-0.25, -0.2) is 4.98 Å². The summed E-state index contributed by atoms with van der Waals surface area (Å²) in [5.41, 5.74) is 5.73. The molecule has 1 aromatic heterocycles. The zero-order valence-electron chi connectivity index (χ0n) is 9.65. The molecule has 94 valence electrons. The van der Waals surface area contributed by atoms with Crippen molar-refractivity contribution in [3.63, 3.8) is 0 Å². The summed E-state index contributed by atoms with van der Waals surface area (Å²) >= 11 is 3.27. The number of halogens is 1. The van der Waals surface area contributed by atoms with Gasteiger partial charge in [0.25, 0.3) is 0 Å². The van der Waals surface area contributed by atoms with Crippen molar-refractivity contribution in [3.05, 3.63) is 22.8 Å². The number of amides is 1. The van der Waals surface area contributed by atoms with Crippen LogP contribution in [0.1, 0.15) is 12.8 Å².